The number of carbonyl (C=O) groups is 2. The molecular weight excluding hydrogens is 278 g/mol. The fourth-order valence-corrected chi connectivity index (χ4v) is 2.03. The Labute approximate surface area is 125 Å². The van der Waals surface area contributed by atoms with Crippen LogP contribution in [0.5, 0.6) is 0 Å². The van der Waals surface area contributed by atoms with Gasteiger partial charge in [-0.05, 0) is 40.5 Å². The molecule has 21 heavy (non-hydrogen) atoms. The van der Waals surface area contributed by atoms with E-state index in [2.05, 4.69) is 0 Å². The lowest BCUT2D eigenvalue weighted by atomic mass is 9.89. The molecule has 1 rings (SSSR count). The molecule has 1 aliphatic heterocycles. The predicted molar refractivity (Wildman–Crippen MR) is 74.3 cm³/mol. The van der Waals surface area contributed by atoms with E-state index >= 15 is 0 Å². The van der Waals surface area contributed by atoms with E-state index in [-0.39, 0.29) is 6.42 Å². The van der Waals surface area contributed by atoms with Crippen LogP contribution in [0.15, 0.2) is 0 Å². The third-order valence-electron chi connectivity index (χ3n) is 3.02. The first-order valence-corrected chi connectivity index (χ1v) is 7.17. The Balaban J connectivity index is 2.38. The Morgan fingerprint density at radius 1 is 1.24 bits per heavy atom. The number of carbonyl (C=O) groups excluding carboxylic acids is 2. The molecule has 0 saturated carbocycles. The lowest BCUT2D eigenvalue weighted by molar-refractivity contribution is -0.181. The van der Waals surface area contributed by atoms with Gasteiger partial charge in [0.2, 0.25) is 0 Å². The van der Waals surface area contributed by atoms with E-state index in [1.54, 1.807) is 27.7 Å². The fraction of sp³-hybridized carbons (Fsp3) is 0.857. The first-order chi connectivity index (χ1) is 9.63. The first-order valence-electron chi connectivity index (χ1n) is 7.17. The van der Waals surface area contributed by atoms with Crippen molar-refractivity contribution in [3.8, 4) is 0 Å². The number of esters is 1. The lowest BCUT2D eigenvalue weighted by Crippen LogP contribution is -2.46. The maximum Gasteiger partial charge on any atom is 0.528 e. The highest BCUT2D eigenvalue weighted by Gasteiger charge is 2.36. The molecule has 0 aliphatic carbocycles. The van der Waals surface area contributed by atoms with E-state index < -0.39 is 23.3 Å². The van der Waals surface area contributed by atoms with Crippen molar-refractivity contribution >= 4 is 12.1 Å². The maximum absolute atomic E-state index is 11.5. The van der Waals surface area contributed by atoms with E-state index in [0.717, 1.165) is 0 Å². The smallest absolute Gasteiger partial charge is 0.466 e. The second kappa shape index (κ2) is 7.09. The Bertz CT molecular complexity index is 368. The van der Waals surface area contributed by atoms with Crippen LogP contribution in [0.3, 0.4) is 0 Å². The highest BCUT2D eigenvalue weighted by atomic mass is 16.8. The van der Waals surface area contributed by atoms with Crippen molar-refractivity contribution in [2.75, 3.05) is 19.7 Å². The number of rotatable bonds is 4. The third-order valence-corrected chi connectivity index (χ3v) is 3.02. The minimum absolute atomic E-state index is 0.0406. The van der Waals surface area contributed by atoms with Gasteiger partial charge in [0.1, 0.15) is 5.60 Å². The number of hydrogen-bond acceptors (Lipinski definition) is 7. The van der Waals surface area contributed by atoms with Crippen LogP contribution < -0.4 is 0 Å². The number of piperidine rings is 1. The summed E-state index contributed by atoms with van der Waals surface area (Å²) in [6, 6.07) is 0. The summed E-state index contributed by atoms with van der Waals surface area (Å²) in [7, 11) is 0. The van der Waals surface area contributed by atoms with Crippen LogP contribution in [0.4, 0.5) is 4.79 Å². The molecule has 0 bridgehead atoms. The summed E-state index contributed by atoms with van der Waals surface area (Å²) in [5, 5.41) is 11.7. The van der Waals surface area contributed by atoms with Gasteiger partial charge in [-0.1, -0.05) is 0 Å². The van der Waals surface area contributed by atoms with Gasteiger partial charge in [-0.2, -0.15) is 0 Å². The van der Waals surface area contributed by atoms with Gasteiger partial charge in [0.15, 0.2) is 0 Å². The highest BCUT2D eigenvalue weighted by Crippen LogP contribution is 2.26. The van der Waals surface area contributed by atoms with Crippen LogP contribution in [0.2, 0.25) is 0 Å². The summed E-state index contributed by atoms with van der Waals surface area (Å²) in [5.41, 5.74) is -1.71. The Morgan fingerprint density at radius 3 is 2.29 bits per heavy atom. The summed E-state index contributed by atoms with van der Waals surface area (Å²) < 4.78 is 9.89. The standard InChI is InChI=1S/C14H25NO6/c1-5-19-11(16)10-14(18)6-8-15(9-7-14)21-12(17)20-13(2,3)4/h18H,5-10H2,1-4H3. The number of ether oxygens (including phenoxy) is 2. The van der Waals surface area contributed by atoms with Crippen molar-refractivity contribution in [3.63, 3.8) is 0 Å². The summed E-state index contributed by atoms with van der Waals surface area (Å²) in [5.74, 6) is -0.415. The van der Waals surface area contributed by atoms with Crippen molar-refractivity contribution in [1.82, 2.24) is 5.06 Å². The van der Waals surface area contributed by atoms with Crippen LogP contribution in [-0.4, -0.2) is 53.2 Å². The van der Waals surface area contributed by atoms with Gasteiger partial charge in [-0.3, -0.25) is 4.79 Å². The highest BCUT2D eigenvalue weighted by molar-refractivity contribution is 5.70. The maximum atomic E-state index is 11.5. The van der Waals surface area contributed by atoms with E-state index in [1.807, 2.05) is 0 Å². The second-order valence-corrected chi connectivity index (χ2v) is 6.19. The topological polar surface area (TPSA) is 85.3 Å². The van der Waals surface area contributed by atoms with Crippen molar-refractivity contribution < 1.29 is 29.0 Å². The molecule has 1 N–H and O–H groups in total. The normalized spacial score (nSPS) is 18.9. The monoisotopic (exact) mass is 303 g/mol. The van der Waals surface area contributed by atoms with Crippen molar-refractivity contribution in [1.29, 1.82) is 0 Å². The molecule has 0 aromatic carbocycles. The molecule has 1 fully saturated rings. The molecule has 7 heteroatoms. The molecule has 0 aromatic rings. The molecule has 7 nitrogen and oxygen atoms in total. The summed E-state index contributed by atoms with van der Waals surface area (Å²) in [6.07, 6.45) is -0.150. The molecule has 0 radical (unpaired) electrons. The first kappa shape index (κ1) is 17.7. The molecule has 0 aromatic heterocycles. The zero-order chi connectivity index (χ0) is 16.1. The van der Waals surface area contributed by atoms with E-state index in [1.165, 1.54) is 5.06 Å². The average Bonchev–Trinajstić information content (AvgIpc) is 2.30. The fourth-order valence-electron chi connectivity index (χ4n) is 2.03. The number of hydrogen-bond donors (Lipinski definition) is 1. The zero-order valence-electron chi connectivity index (χ0n) is 13.2. The van der Waals surface area contributed by atoms with E-state index in [0.29, 0.717) is 32.5 Å². The number of hydroxylamine groups is 2. The molecule has 122 valence electrons. The van der Waals surface area contributed by atoms with Gasteiger partial charge in [0.05, 0.1) is 18.6 Å². The predicted octanol–water partition coefficient (Wildman–Crippen LogP) is 1.63. The van der Waals surface area contributed by atoms with Crippen molar-refractivity contribution in [2.45, 2.75) is 58.2 Å². The Hall–Kier alpha value is -1.34. The molecule has 0 amide bonds. The minimum Gasteiger partial charge on any atom is -0.466 e. The van der Waals surface area contributed by atoms with Crippen molar-refractivity contribution in [2.24, 2.45) is 0 Å². The molecule has 1 heterocycles. The molecule has 0 unspecified atom stereocenters. The van der Waals surface area contributed by atoms with Gasteiger partial charge < -0.3 is 19.4 Å². The van der Waals surface area contributed by atoms with E-state index in [4.69, 9.17) is 14.3 Å². The molecule has 1 saturated heterocycles. The van der Waals surface area contributed by atoms with Gasteiger partial charge >= 0.3 is 12.1 Å². The van der Waals surface area contributed by atoms with Gasteiger partial charge in [-0.15, -0.1) is 5.06 Å². The van der Waals surface area contributed by atoms with Crippen LogP contribution in [0, 0.1) is 0 Å². The van der Waals surface area contributed by atoms with Crippen LogP contribution >= 0.6 is 0 Å². The lowest BCUT2D eigenvalue weighted by Gasteiger charge is -2.36. The summed E-state index contributed by atoms with van der Waals surface area (Å²) in [4.78, 5) is 28.0. The van der Waals surface area contributed by atoms with Gasteiger partial charge in [0.25, 0.3) is 0 Å². The molecular formula is C14H25NO6. The van der Waals surface area contributed by atoms with Crippen LogP contribution in [-0.2, 0) is 19.1 Å². The summed E-state index contributed by atoms with van der Waals surface area (Å²) in [6.45, 7) is 7.96. The number of nitrogens with zero attached hydrogens (tertiary/aromatic N) is 1. The Kier molecular flexibility index (Phi) is 5.98. The van der Waals surface area contributed by atoms with Gasteiger partial charge in [-0.25, -0.2) is 4.79 Å². The van der Waals surface area contributed by atoms with E-state index in [9.17, 15) is 14.7 Å². The van der Waals surface area contributed by atoms with Crippen LogP contribution in [0.25, 0.3) is 0 Å². The second-order valence-electron chi connectivity index (χ2n) is 6.19. The summed E-state index contributed by atoms with van der Waals surface area (Å²) >= 11 is 0. The third kappa shape index (κ3) is 6.77. The van der Waals surface area contributed by atoms with Gasteiger partial charge in [0, 0.05) is 13.1 Å². The largest absolute Gasteiger partial charge is 0.528 e. The zero-order valence-corrected chi connectivity index (χ0v) is 13.2. The average molecular weight is 303 g/mol. The molecule has 0 spiro atoms. The SMILES string of the molecule is CCOC(=O)CC1(O)CCN(OC(=O)OC(C)(C)C)CC1. The molecule has 0 atom stereocenters. The number of aliphatic hydroxyl groups is 1. The van der Waals surface area contributed by atoms with Crippen LogP contribution in [0.1, 0.15) is 47.0 Å². The van der Waals surface area contributed by atoms with Crippen molar-refractivity contribution in [3.05, 3.63) is 0 Å². The minimum atomic E-state index is -1.10. The quantitative estimate of drug-likeness (QED) is 0.790. The Morgan fingerprint density at radius 2 is 1.81 bits per heavy atom. The molecule has 1 aliphatic rings.